The van der Waals surface area contributed by atoms with Crippen LogP contribution in [-0.2, 0) is 9.53 Å². The molecule has 3 nitrogen and oxygen atoms in total. The lowest BCUT2D eigenvalue weighted by molar-refractivity contribution is -0.137. The summed E-state index contributed by atoms with van der Waals surface area (Å²) in [4.78, 5) is 12.3. The van der Waals surface area contributed by atoms with E-state index in [0.717, 1.165) is 31.6 Å². The van der Waals surface area contributed by atoms with Crippen LogP contribution in [0.3, 0.4) is 0 Å². The highest BCUT2D eigenvalue weighted by atomic mass is 32.2. The standard InChI is InChI=1S/C13H23NO2S/c1-9(10(2)14)12(15)11-3-5-16-13(7-11)4-6-17-8-13/h9-11H,3-8,14H2,1-2H3. The summed E-state index contributed by atoms with van der Waals surface area (Å²) in [7, 11) is 0. The molecule has 98 valence electrons. The van der Waals surface area contributed by atoms with Crippen LogP contribution >= 0.6 is 11.8 Å². The minimum absolute atomic E-state index is 0.000794. The second-order valence-corrected chi connectivity index (χ2v) is 6.68. The van der Waals surface area contributed by atoms with Crippen molar-refractivity contribution in [2.24, 2.45) is 17.6 Å². The highest BCUT2D eigenvalue weighted by molar-refractivity contribution is 7.99. The van der Waals surface area contributed by atoms with Gasteiger partial charge in [0.25, 0.3) is 0 Å². The number of hydrogen-bond acceptors (Lipinski definition) is 4. The van der Waals surface area contributed by atoms with Crippen LogP contribution in [0.5, 0.6) is 0 Å². The van der Waals surface area contributed by atoms with E-state index in [9.17, 15) is 4.79 Å². The van der Waals surface area contributed by atoms with E-state index in [2.05, 4.69) is 0 Å². The number of ether oxygens (including phenoxy) is 1. The fraction of sp³-hybridized carbons (Fsp3) is 0.923. The Balaban J connectivity index is 1.99. The Morgan fingerprint density at radius 3 is 2.88 bits per heavy atom. The average Bonchev–Trinajstić information content (AvgIpc) is 2.75. The Morgan fingerprint density at radius 2 is 2.29 bits per heavy atom. The summed E-state index contributed by atoms with van der Waals surface area (Å²) >= 11 is 1.95. The zero-order chi connectivity index (χ0) is 12.5. The number of thioether (sulfide) groups is 1. The average molecular weight is 257 g/mol. The number of hydrogen-bond donors (Lipinski definition) is 1. The van der Waals surface area contributed by atoms with E-state index in [1.165, 1.54) is 5.75 Å². The number of rotatable bonds is 3. The first-order chi connectivity index (χ1) is 8.04. The molecule has 0 radical (unpaired) electrons. The van der Waals surface area contributed by atoms with Crippen LogP contribution < -0.4 is 5.73 Å². The van der Waals surface area contributed by atoms with Crippen LogP contribution in [0, 0.1) is 11.8 Å². The largest absolute Gasteiger partial charge is 0.374 e. The van der Waals surface area contributed by atoms with Crippen LogP contribution in [-0.4, -0.2) is 35.5 Å². The fourth-order valence-electron chi connectivity index (χ4n) is 2.76. The summed E-state index contributed by atoms with van der Waals surface area (Å²) < 4.78 is 5.94. The highest BCUT2D eigenvalue weighted by Gasteiger charge is 2.43. The zero-order valence-corrected chi connectivity index (χ0v) is 11.6. The molecule has 0 bridgehead atoms. The van der Waals surface area contributed by atoms with Crippen molar-refractivity contribution in [3.8, 4) is 0 Å². The molecule has 4 atom stereocenters. The van der Waals surface area contributed by atoms with E-state index in [-0.39, 0.29) is 23.5 Å². The van der Waals surface area contributed by atoms with E-state index in [1.54, 1.807) is 0 Å². The predicted molar refractivity (Wildman–Crippen MR) is 71.2 cm³/mol. The number of nitrogens with two attached hydrogens (primary N) is 1. The normalized spacial score (nSPS) is 37.0. The summed E-state index contributed by atoms with van der Waals surface area (Å²) in [5, 5.41) is 0. The van der Waals surface area contributed by atoms with E-state index < -0.39 is 0 Å². The van der Waals surface area contributed by atoms with Gasteiger partial charge in [-0.3, -0.25) is 4.79 Å². The first-order valence-corrected chi connectivity index (χ1v) is 7.70. The van der Waals surface area contributed by atoms with Crippen molar-refractivity contribution < 1.29 is 9.53 Å². The topological polar surface area (TPSA) is 52.3 Å². The number of ketones is 1. The van der Waals surface area contributed by atoms with Crippen LogP contribution in [0.4, 0.5) is 0 Å². The van der Waals surface area contributed by atoms with Gasteiger partial charge in [0.2, 0.25) is 0 Å². The maximum atomic E-state index is 12.3. The third-order valence-electron chi connectivity index (χ3n) is 4.20. The molecule has 2 fully saturated rings. The molecule has 4 heteroatoms. The smallest absolute Gasteiger partial charge is 0.140 e. The summed E-state index contributed by atoms with van der Waals surface area (Å²) in [6.45, 7) is 4.62. The summed E-state index contributed by atoms with van der Waals surface area (Å²) in [5.41, 5.74) is 5.83. The van der Waals surface area contributed by atoms with Crippen molar-refractivity contribution >= 4 is 17.5 Å². The lowest BCUT2D eigenvalue weighted by Crippen LogP contribution is -2.44. The molecule has 0 aromatic carbocycles. The molecule has 0 saturated carbocycles. The Morgan fingerprint density at radius 1 is 1.53 bits per heavy atom. The van der Waals surface area contributed by atoms with Crippen molar-refractivity contribution in [2.45, 2.75) is 44.8 Å². The van der Waals surface area contributed by atoms with Crippen molar-refractivity contribution in [2.75, 3.05) is 18.1 Å². The minimum Gasteiger partial charge on any atom is -0.374 e. The molecule has 4 unspecified atom stereocenters. The van der Waals surface area contributed by atoms with Gasteiger partial charge in [0.1, 0.15) is 5.78 Å². The molecule has 2 heterocycles. The second-order valence-electron chi connectivity index (χ2n) is 5.57. The maximum absolute atomic E-state index is 12.3. The third kappa shape index (κ3) is 2.85. The molecular formula is C13H23NO2S. The molecule has 1 spiro atoms. The predicted octanol–water partition coefficient (Wildman–Crippen LogP) is 1.84. The number of carbonyl (C=O) groups excluding carboxylic acids is 1. The van der Waals surface area contributed by atoms with Crippen molar-refractivity contribution in [3.05, 3.63) is 0 Å². The molecular weight excluding hydrogens is 234 g/mol. The van der Waals surface area contributed by atoms with Gasteiger partial charge in [0, 0.05) is 30.2 Å². The van der Waals surface area contributed by atoms with Gasteiger partial charge in [-0.25, -0.2) is 0 Å². The van der Waals surface area contributed by atoms with E-state index in [0.29, 0.717) is 5.78 Å². The molecule has 0 aromatic rings. The van der Waals surface area contributed by atoms with Gasteiger partial charge in [0.15, 0.2) is 0 Å². The molecule has 17 heavy (non-hydrogen) atoms. The maximum Gasteiger partial charge on any atom is 0.140 e. The van der Waals surface area contributed by atoms with Gasteiger partial charge in [0.05, 0.1) is 5.60 Å². The molecule has 0 amide bonds. The fourth-order valence-corrected chi connectivity index (χ4v) is 4.14. The van der Waals surface area contributed by atoms with Gasteiger partial charge in [-0.15, -0.1) is 0 Å². The second kappa shape index (κ2) is 5.29. The van der Waals surface area contributed by atoms with Crippen LogP contribution in [0.25, 0.3) is 0 Å². The Labute approximate surface area is 108 Å². The van der Waals surface area contributed by atoms with Crippen molar-refractivity contribution in [3.63, 3.8) is 0 Å². The van der Waals surface area contributed by atoms with Gasteiger partial charge in [-0.2, -0.15) is 11.8 Å². The van der Waals surface area contributed by atoms with Crippen LogP contribution in [0.1, 0.15) is 33.1 Å². The van der Waals surface area contributed by atoms with Crippen molar-refractivity contribution in [1.82, 2.24) is 0 Å². The SMILES string of the molecule is CC(N)C(C)C(=O)C1CCOC2(CCSC2)C1. The Hall–Kier alpha value is -0.0600. The molecule has 0 aromatic heterocycles. The Bertz CT molecular complexity index is 287. The molecule has 2 aliphatic heterocycles. The lowest BCUT2D eigenvalue weighted by Gasteiger charge is -2.38. The van der Waals surface area contributed by atoms with Crippen LogP contribution in [0.15, 0.2) is 0 Å². The highest BCUT2D eigenvalue weighted by Crippen LogP contribution is 2.41. The number of carbonyl (C=O) groups is 1. The van der Waals surface area contributed by atoms with Gasteiger partial charge < -0.3 is 10.5 Å². The molecule has 2 rings (SSSR count). The van der Waals surface area contributed by atoms with E-state index in [4.69, 9.17) is 10.5 Å². The molecule has 2 saturated heterocycles. The van der Waals surface area contributed by atoms with Crippen LogP contribution in [0.2, 0.25) is 0 Å². The molecule has 2 aliphatic rings. The number of Topliss-reactive ketones (excluding diaryl/α,β-unsaturated/α-hetero) is 1. The molecule has 0 aliphatic carbocycles. The molecule has 2 N–H and O–H groups in total. The summed E-state index contributed by atoms with van der Waals surface area (Å²) in [6, 6.07) is -0.0424. The lowest BCUT2D eigenvalue weighted by atomic mass is 9.78. The Kier molecular flexibility index (Phi) is 4.16. The van der Waals surface area contributed by atoms with Gasteiger partial charge >= 0.3 is 0 Å². The first-order valence-electron chi connectivity index (χ1n) is 6.55. The zero-order valence-electron chi connectivity index (χ0n) is 10.8. The van der Waals surface area contributed by atoms with E-state index in [1.807, 2.05) is 25.6 Å². The minimum atomic E-state index is -0.0424. The summed E-state index contributed by atoms with van der Waals surface area (Å²) in [6.07, 6.45) is 2.90. The van der Waals surface area contributed by atoms with Crippen molar-refractivity contribution in [1.29, 1.82) is 0 Å². The third-order valence-corrected chi connectivity index (χ3v) is 5.42. The monoisotopic (exact) mass is 257 g/mol. The quantitative estimate of drug-likeness (QED) is 0.838. The van der Waals surface area contributed by atoms with Gasteiger partial charge in [-0.1, -0.05) is 6.92 Å². The van der Waals surface area contributed by atoms with E-state index >= 15 is 0 Å². The first kappa shape index (κ1) is 13.4. The van der Waals surface area contributed by atoms with Gasteiger partial charge in [-0.05, 0) is 31.9 Å². The summed E-state index contributed by atoms with van der Waals surface area (Å²) in [5.74, 6) is 2.72.